The van der Waals surface area contributed by atoms with Gasteiger partial charge in [0.2, 0.25) is 5.95 Å². The summed E-state index contributed by atoms with van der Waals surface area (Å²) in [6, 6.07) is 17.6. The number of ether oxygens (including phenoxy) is 3. The average Bonchev–Trinajstić information content (AvgIpc) is 3.03. The number of aliphatic hydroxyl groups excluding tert-OH is 1. The van der Waals surface area contributed by atoms with Gasteiger partial charge in [-0.3, -0.25) is 4.90 Å². The van der Waals surface area contributed by atoms with Crippen molar-refractivity contribution < 1.29 is 24.1 Å². The maximum Gasteiger partial charge on any atom is 0.407 e. The van der Waals surface area contributed by atoms with Crippen LogP contribution in [0.4, 0.5) is 10.7 Å². The van der Waals surface area contributed by atoms with E-state index < -0.39 is 12.4 Å². The second kappa shape index (κ2) is 14.2. The van der Waals surface area contributed by atoms with Crippen molar-refractivity contribution in [1.29, 1.82) is 0 Å². The highest BCUT2D eigenvalue weighted by Crippen LogP contribution is 2.38. The molecule has 2 aromatic carbocycles. The third kappa shape index (κ3) is 7.89. The second-order valence-electron chi connectivity index (χ2n) is 10.2. The molecule has 10 nitrogen and oxygen atoms in total. The fraction of sp³-hybridized carbons (Fsp3) is 0.387. The van der Waals surface area contributed by atoms with Gasteiger partial charge in [-0.05, 0) is 22.8 Å². The molecular formula is C31H37N5O5. The van der Waals surface area contributed by atoms with Crippen molar-refractivity contribution in [3.63, 3.8) is 0 Å². The maximum absolute atomic E-state index is 11.7. The van der Waals surface area contributed by atoms with Crippen molar-refractivity contribution in [3.8, 4) is 0 Å². The number of piperazine rings is 1. The van der Waals surface area contributed by atoms with Crippen LogP contribution in [0.5, 0.6) is 0 Å². The Bertz CT molecular complexity index is 1250. The number of nitrogens with one attached hydrogen (secondary N) is 1. The Morgan fingerprint density at radius 1 is 1.00 bits per heavy atom. The number of hydrogen-bond acceptors (Lipinski definition) is 9. The van der Waals surface area contributed by atoms with Gasteiger partial charge in [-0.2, -0.15) is 0 Å². The summed E-state index contributed by atoms with van der Waals surface area (Å²) in [7, 11) is 0. The standard InChI is InChI=1S/C31H37N5O5/c1-2-18-39-31(38)34-20-23-4-10-26(11-5-23)29-40-27(19-28(41-29)25-8-6-24(22-37)7-9-25)21-35-14-16-36(17-15-35)30-32-12-3-13-33-30/h2-13,27-29,37H,1,14-22H2,(H,34,38). The van der Waals surface area contributed by atoms with Crippen molar-refractivity contribution in [2.24, 2.45) is 0 Å². The number of carbonyl (C=O) groups excluding carboxylic acids is 1. The van der Waals surface area contributed by atoms with Gasteiger partial charge in [0.05, 0.1) is 18.8 Å². The van der Waals surface area contributed by atoms with Crippen LogP contribution in [0.15, 0.2) is 79.6 Å². The minimum Gasteiger partial charge on any atom is -0.445 e. The second-order valence-corrected chi connectivity index (χ2v) is 10.2. The molecule has 0 saturated carbocycles. The molecule has 3 atom stereocenters. The number of aromatic nitrogens is 2. The van der Waals surface area contributed by atoms with Crippen LogP contribution in [0.25, 0.3) is 0 Å². The molecule has 1 aromatic heterocycles. The summed E-state index contributed by atoms with van der Waals surface area (Å²) in [5.74, 6) is 0.772. The summed E-state index contributed by atoms with van der Waals surface area (Å²) in [5.41, 5.74) is 3.78. The molecule has 216 valence electrons. The fourth-order valence-corrected chi connectivity index (χ4v) is 5.06. The maximum atomic E-state index is 11.7. The molecule has 0 bridgehead atoms. The fourth-order valence-electron chi connectivity index (χ4n) is 5.06. The van der Waals surface area contributed by atoms with E-state index in [1.807, 2.05) is 54.6 Å². The Balaban J connectivity index is 1.24. The molecule has 2 N–H and O–H groups in total. The highest BCUT2D eigenvalue weighted by atomic mass is 16.7. The summed E-state index contributed by atoms with van der Waals surface area (Å²) >= 11 is 0. The quantitative estimate of drug-likeness (QED) is 0.359. The molecule has 0 spiro atoms. The summed E-state index contributed by atoms with van der Waals surface area (Å²) in [5, 5.41) is 12.2. The SMILES string of the molecule is C=CCOC(=O)NCc1ccc(C2OC(CN3CCN(c4ncccn4)CC3)CC(c3ccc(CO)cc3)O2)cc1. The molecule has 0 aliphatic carbocycles. The van der Waals surface area contributed by atoms with Crippen LogP contribution >= 0.6 is 0 Å². The number of aliphatic hydroxyl groups is 1. The normalized spacial score (nSPS) is 21.3. The molecule has 3 unspecified atom stereocenters. The molecule has 3 heterocycles. The van der Waals surface area contributed by atoms with Crippen LogP contribution in [0.2, 0.25) is 0 Å². The zero-order valence-electron chi connectivity index (χ0n) is 23.1. The number of amides is 1. The van der Waals surface area contributed by atoms with Gasteiger partial charge in [0.15, 0.2) is 6.29 Å². The predicted molar refractivity (Wildman–Crippen MR) is 154 cm³/mol. The van der Waals surface area contributed by atoms with Crippen LogP contribution < -0.4 is 10.2 Å². The van der Waals surface area contributed by atoms with Crippen molar-refractivity contribution in [2.45, 2.75) is 38.1 Å². The third-order valence-corrected chi connectivity index (χ3v) is 7.31. The molecule has 2 aliphatic rings. The first kappa shape index (κ1) is 28.7. The number of alkyl carbamates (subject to hydrolysis) is 1. The zero-order valence-corrected chi connectivity index (χ0v) is 23.1. The molecule has 0 radical (unpaired) electrons. The van der Waals surface area contributed by atoms with Crippen LogP contribution in [0.3, 0.4) is 0 Å². The van der Waals surface area contributed by atoms with E-state index in [4.69, 9.17) is 14.2 Å². The van der Waals surface area contributed by atoms with Gasteiger partial charge in [-0.1, -0.05) is 61.2 Å². The molecule has 3 aromatic rings. The lowest BCUT2D eigenvalue weighted by atomic mass is 9.99. The lowest BCUT2D eigenvalue weighted by Gasteiger charge is -2.40. The number of hydrogen-bond donors (Lipinski definition) is 2. The lowest BCUT2D eigenvalue weighted by Crippen LogP contribution is -2.50. The van der Waals surface area contributed by atoms with Gasteiger partial charge in [0.25, 0.3) is 0 Å². The summed E-state index contributed by atoms with van der Waals surface area (Å²) in [6.07, 6.45) is 4.62. The molecule has 5 rings (SSSR count). The highest BCUT2D eigenvalue weighted by Gasteiger charge is 2.34. The molecule has 41 heavy (non-hydrogen) atoms. The molecule has 2 saturated heterocycles. The van der Waals surface area contributed by atoms with E-state index in [1.54, 1.807) is 12.4 Å². The van der Waals surface area contributed by atoms with Crippen molar-refractivity contribution >= 4 is 12.0 Å². The average molecular weight is 560 g/mol. The number of benzene rings is 2. The minimum atomic E-state index is -0.533. The number of nitrogens with zero attached hydrogens (tertiary/aromatic N) is 4. The van der Waals surface area contributed by atoms with Gasteiger partial charge >= 0.3 is 6.09 Å². The van der Waals surface area contributed by atoms with Gasteiger partial charge in [0, 0.05) is 63.6 Å². The molecule has 10 heteroatoms. The number of rotatable bonds is 10. The Morgan fingerprint density at radius 2 is 1.68 bits per heavy atom. The van der Waals surface area contributed by atoms with E-state index in [9.17, 15) is 9.90 Å². The molecule has 2 aliphatic heterocycles. The Labute approximate surface area is 240 Å². The zero-order chi connectivity index (χ0) is 28.4. The third-order valence-electron chi connectivity index (χ3n) is 7.31. The Hall–Kier alpha value is -3.83. The lowest BCUT2D eigenvalue weighted by molar-refractivity contribution is -0.253. The van der Waals surface area contributed by atoms with Crippen molar-refractivity contribution in [1.82, 2.24) is 20.2 Å². The van der Waals surface area contributed by atoms with Gasteiger partial charge in [-0.25, -0.2) is 14.8 Å². The van der Waals surface area contributed by atoms with Gasteiger partial charge in [0.1, 0.15) is 6.61 Å². The smallest absolute Gasteiger partial charge is 0.407 e. The minimum absolute atomic E-state index is 0.00729. The van der Waals surface area contributed by atoms with E-state index in [2.05, 4.69) is 31.7 Å². The van der Waals surface area contributed by atoms with Crippen molar-refractivity contribution in [3.05, 3.63) is 102 Å². The van der Waals surface area contributed by atoms with E-state index in [0.29, 0.717) is 6.54 Å². The van der Waals surface area contributed by atoms with E-state index >= 15 is 0 Å². The largest absolute Gasteiger partial charge is 0.445 e. The monoisotopic (exact) mass is 559 g/mol. The first-order valence-corrected chi connectivity index (χ1v) is 14.0. The van der Waals surface area contributed by atoms with Crippen LogP contribution in [-0.4, -0.2) is 71.5 Å². The molecular weight excluding hydrogens is 522 g/mol. The highest BCUT2D eigenvalue weighted by molar-refractivity contribution is 5.67. The van der Waals surface area contributed by atoms with E-state index in [0.717, 1.165) is 67.3 Å². The topological polar surface area (TPSA) is 109 Å². The van der Waals surface area contributed by atoms with Crippen LogP contribution in [0.1, 0.15) is 41.1 Å². The number of carbonyl (C=O) groups is 1. The summed E-state index contributed by atoms with van der Waals surface area (Å²) in [6.45, 7) is 8.39. The van der Waals surface area contributed by atoms with Gasteiger partial charge in [-0.15, -0.1) is 0 Å². The first-order chi connectivity index (χ1) is 20.1. The molecule has 1 amide bonds. The first-order valence-electron chi connectivity index (χ1n) is 14.0. The summed E-state index contributed by atoms with van der Waals surface area (Å²) < 4.78 is 18.0. The Kier molecular flexibility index (Phi) is 9.92. The molecule has 2 fully saturated rings. The Morgan fingerprint density at radius 3 is 2.37 bits per heavy atom. The van der Waals surface area contributed by atoms with Gasteiger partial charge < -0.3 is 29.5 Å². The summed E-state index contributed by atoms with van der Waals surface area (Å²) in [4.78, 5) is 25.2. The van der Waals surface area contributed by atoms with Crippen LogP contribution in [0, 0.1) is 0 Å². The predicted octanol–water partition coefficient (Wildman–Crippen LogP) is 3.75. The number of anilines is 1. The van der Waals surface area contributed by atoms with E-state index in [1.165, 1.54) is 6.08 Å². The van der Waals surface area contributed by atoms with E-state index in [-0.39, 0.29) is 25.4 Å². The van der Waals surface area contributed by atoms with Crippen LogP contribution in [-0.2, 0) is 27.4 Å². The van der Waals surface area contributed by atoms with Crippen molar-refractivity contribution in [2.75, 3.05) is 44.2 Å².